The quantitative estimate of drug-likeness (QED) is 0.288. The lowest BCUT2D eigenvalue weighted by molar-refractivity contribution is -0.346. The molecule has 1 heterocycles. The van der Waals surface area contributed by atoms with Gasteiger partial charge in [-0.25, -0.2) is 0 Å². The minimum atomic E-state index is -0.642. The molecule has 0 aromatic rings. The Kier molecular flexibility index (Phi) is 2.09. The number of aliphatic hydroxyl groups is 1. The van der Waals surface area contributed by atoms with Crippen molar-refractivity contribution >= 4 is 0 Å². The molecule has 0 radical (unpaired) electrons. The van der Waals surface area contributed by atoms with Crippen molar-refractivity contribution < 1.29 is 15.5 Å². The molecule has 0 saturated carbocycles. The van der Waals surface area contributed by atoms with E-state index in [0.29, 0.717) is 0 Å². The van der Waals surface area contributed by atoms with Gasteiger partial charge in [-0.15, -0.1) is 5.17 Å². The maximum absolute atomic E-state index is 9.22. The van der Waals surface area contributed by atoms with Crippen LogP contribution in [0.3, 0.4) is 0 Å². The summed E-state index contributed by atoms with van der Waals surface area (Å²) in [6.45, 7) is 0. The second kappa shape index (κ2) is 2.92. The highest BCUT2D eigenvalue weighted by atomic mass is 16.7. The molecule has 0 unspecified atom stereocenters. The first-order chi connectivity index (χ1) is 6.00. The molecule has 0 spiro atoms. The molecule has 0 saturated heterocycles. The van der Waals surface area contributed by atoms with Crippen LogP contribution < -0.4 is 16.8 Å². The van der Waals surface area contributed by atoms with Crippen LogP contribution in [0, 0.1) is 0 Å². The van der Waals surface area contributed by atoms with Crippen molar-refractivity contribution in [3.8, 4) is 0 Å². The highest BCUT2D eigenvalue weighted by molar-refractivity contribution is 5.32. The first kappa shape index (κ1) is 9.29. The Balaban J connectivity index is 3.19. The van der Waals surface area contributed by atoms with Crippen LogP contribution >= 0.6 is 0 Å². The summed E-state index contributed by atoms with van der Waals surface area (Å²) < 4.78 is 0. The number of hydrogen-bond donors (Lipinski definition) is 6. The Labute approximate surface area is 73.8 Å². The van der Waals surface area contributed by atoms with Gasteiger partial charge in [0.1, 0.15) is 11.4 Å². The molecular weight excluding hydrogens is 178 g/mol. The van der Waals surface area contributed by atoms with Gasteiger partial charge in [0.25, 0.3) is 5.88 Å². The van der Waals surface area contributed by atoms with Crippen molar-refractivity contribution in [2.75, 3.05) is 7.05 Å². The van der Waals surface area contributed by atoms with Crippen molar-refractivity contribution in [2.45, 2.75) is 0 Å². The van der Waals surface area contributed by atoms with Crippen LogP contribution in [0.1, 0.15) is 0 Å². The van der Waals surface area contributed by atoms with Crippen molar-refractivity contribution in [3.63, 3.8) is 0 Å². The van der Waals surface area contributed by atoms with Gasteiger partial charge in [-0.05, 0) is 0 Å². The van der Waals surface area contributed by atoms with Crippen molar-refractivity contribution in [1.29, 1.82) is 0 Å². The van der Waals surface area contributed by atoms with E-state index >= 15 is 0 Å². The van der Waals surface area contributed by atoms with Crippen molar-refractivity contribution in [2.24, 2.45) is 11.5 Å². The lowest BCUT2D eigenvalue weighted by Gasteiger charge is -2.31. The lowest BCUT2D eigenvalue weighted by Crippen LogP contribution is -2.46. The normalized spacial score (nSPS) is 18.4. The fourth-order valence-electron chi connectivity index (χ4n) is 0.894. The van der Waals surface area contributed by atoms with Gasteiger partial charge in [0.05, 0.1) is 0 Å². The van der Waals surface area contributed by atoms with Crippen molar-refractivity contribution in [1.82, 2.24) is 15.7 Å². The van der Waals surface area contributed by atoms with Gasteiger partial charge in [0.15, 0.2) is 5.82 Å². The van der Waals surface area contributed by atoms with Crippen LogP contribution in [0.5, 0.6) is 0 Å². The summed E-state index contributed by atoms with van der Waals surface area (Å²) in [5.74, 6) is -0.929. The van der Waals surface area contributed by atoms with Crippen LogP contribution in [0.25, 0.3) is 0 Å². The van der Waals surface area contributed by atoms with E-state index < -0.39 is 5.88 Å². The highest BCUT2D eigenvalue weighted by Gasteiger charge is 2.28. The van der Waals surface area contributed by atoms with E-state index in [1.807, 2.05) is 0 Å². The first-order valence-electron chi connectivity index (χ1n) is 3.35. The number of hydroxylamine groups is 2. The van der Waals surface area contributed by atoms with E-state index in [1.165, 1.54) is 7.05 Å². The average Bonchev–Trinajstić information content (AvgIpc) is 2.13. The number of aliphatic hydroxyl groups excluding tert-OH is 1. The molecule has 0 fully saturated rings. The predicted octanol–water partition coefficient (Wildman–Crippen LogP) is -1.67. The van der Waals surface area contributed by atoms with Gasteiger partial charge < -0.3 is 21.9 Å². The monoisotopic (exact) mass is 189 g/mol. The highest BCUT2D eigenvalue weighted by Crippen LogP contribution is 2.19. The topological polar surface area (TPSA) is 131 Å². The molecule has 8 nitrogen and oxygen atoms in total. The number of nitrogens with two attached hydrogens (primary N) is 2. The molecule has 0 atom stereocenters. The van der Waals surface area contributed by atoms with E-state index in [0.717, 1.165) is 0 Å². The van der Waals surface area contributed by atoms with Crippen LogP contribution in [0.2, 0.25) is 0 Å². The van der Waals surface area contributed by atoms with Gasteiger partial charge in [-0.3, -0.25) is 10.4 Å². The summed E-state index contributed by atoms with van der Waals surface area (Å²) in [5, 5.41) is 30.0. The fourth-order valence-corrected chi connectivity index (χ4v) is 0.894. The number of rotatable bonds is 1. The Morgan fingerprint density at radius 2 is 1.77 bits per heavy atom. The van der Waals surface area contributed by atoms with Crippen LogP contribution in [-0.2, 0) is 0 Å². The summed E-state index contributed by atoms with van der Waals surface area (Å²) in [4.78, 5) is 0. The number of nitrogens with zero attached hydrogens (tertiary/aromatic N) is 2. The molecule has 0 aromatic carbocycles. The van der Waals surface area contributed by atoms with E-state index in [-0.39, 0.29) is 27.6 Å². The molecule has 74 valence electrons. The van der Waals surface area contributed by atoms with Gasteiger partial charge >= 0.3 is 0 Å². The molecule has 13 heavy (non-hydrogen) atoms. The second-order valence-electron chi connectivity index (χ2n) is 2.33. The van der Waals surface area contributed by atoms with Gasteiger partial charge in [-0.1, -0.05) is 5.17 Å². The zero-order valence-electron chi connectivity index (χ0n) is 6.89. The molecule has 1 rings (SSSR count). The molecule has 0 amide bonds. The maximum atomic E-state index is 9.22. The Morgan fingerprint density at radius 3 is 2.23 bits per heavy atom. The average molecular weight is 189 g/mol. The smallest absolute Gasteiger partial charge is 0.261 e. The van der Waals surface area contributed by atoms with Crippen LogP contribution in [-0.4, -0.2) is 32.9 Å². The minimum Gasteiger partial charge on any atom is -0.490 e. The third-order valence-corrected chi connectivity index (χ3v) is 1.60. The maximum Gasteiger partial charge on any atom is 0.261 e. The predicted molar refractivity (Wildman–Crippen MR) is 41.4 cm³/mol. The van der Waals surface area contributed by atoms with E-state index in [9.17, 15) is 5.11 Å². The van der Waals surface area contributed by atoms with Crippen molar-refractivity contribution in [3.05, 3.63) is 23.1 Å². The molecule has 8 heteroatoms. The summed E-state index contributed by atoms with van der Waals surface area (Å²) >= 11 is 0. The molecule has 0 bridgehead atoms. The van der Waals surface area contributed by atoms with E-state index in [4.69, 9.17) is 21.9 Å². The van der Waals surface area contributed by atoms with Crippen LogP contribution in [0.15, 0.2) is 23.1 Å². The third kappa shape index (κ3) is 1.17. The van der Waals surface area contributed by atoms with Crippen LogP contribution in [0.4, 0.5) is 0 Å². The molecular formula is C5H11N5O3. The second-order valence-corrected chi connectivity index (χ2v) is 2.33. The van der Waals surface area contributed by atoms with E-state index in [1.54, 1.807) is 0 Å². The summed E-state index contributed by atoms with van der Waals surface area (Å²) in [7, 11) is 1.48. The standard InChI is InChI=1S/C5H11N5O3/c1-8-3-2(6)4(7)9(12)10(13)5(3)11/h8,11-13H,6-7H2,1H3. The number of hydrogen-bond acceptors (Lipinski definition) is 8. The summed E-state index contributed by atoms with van der Waals surface area (Å²) in [6, 6.07) is 0. The Bertz CT molecular complexity index is 286. The zero-order valence-corrected chi connectivity index (χ0v) is 6.89. The van der Waals surface area contributed by atoms with E-state index in [2.05, 4.69) is 5.32 Å². The third-order valence-electron chi connectivity index (χ3n) is 1.60. The van der Waals surface area contributed by atoms with Gasteiger partial charge in [0, 0.05) is 7.05 Å². The largest absolute Gasteiger partial charge is 0.490 e. The number of likely N-dealkylation sites (N-methyl/N-ethyl adjacent to an activating group) is 1. The summed E-state index contributed by atoms with van der Waals surface area (Å²) in [6.07, 6.45) is 0. The number of nitrogens with one attached hydrogen (secondary N) is 1. The molecule has 0 aromatic heterocycles. The number of hydrazine groups is 1. The zero-order chi connectivity index (χ0) is 10.2. The minimum absolute atomic E-state index is 0.0327. The van der Waals surface area contributed by atoms with Gasteiger partial charge in [-0.2, -0.15) is 0 Å². The fraction of sp³-hybridized carbons (Fsp3) is 0.200. The molecule has 1 aliphatic heterocycles. The molecule has 1 aliphatic rings. The Morgan fingerprint density at radius 1 is 1.23 bits per heavy atom. The van der Waals surface area contributed by atoms with Gasteiger partial charge in [0.2, 0.25) is 0 Å². The molecule has 8 N–H and O–H groups in total. The lowest BCUT2D eigenvalue weighted by atomic mass is 10.3. The first-order valence-corrected chi connectivity index (χ1v) is 3.35. The Hall–Kier alpha value is -1.80. The summed E-state index contributed by atoms with van der Waals surface area (Å²) in [5.41, 5.74) is 10.7. The SMILES string of the molecule is CNC1=C(O)N(O)N(O)C(N)=C1N. The molecule has 0 aliphatic carbocycles.